The van der Waals surface area contributed by atoms with Gasteiger partial charge in [-0.15, -0.1) is 0 Å². The Bertz CT molecular complexity index is 1210. The summed E-state index contributed by atoms with van der Waals surface area (Å²) >= 11 is 0. The predicted molar refractivity (Wildman–Crippen MR) is 120 cm³/mol. The molecular formula is C26H24N2O2. The number of aryl methyl sites for hydroxylation is 2. The number of benzene rings is 3. The lowest BCUT2D eigenvalue weighted by atomic mass is 10.0. The van der Waals surface area contributed by atoms with Gasteiger partial charge in [0.15, 0.2) is 0 Å². The number of carboxylic acid groups (broad SMARTS) is 1. The highest BCUT2D eigenvalue weighted by molar-refractivity contribution is 5.96. The lowest BCUT2D eigenvalue weighted by Crippen LogP contribution is -2.06. The summed E-state index contributed by atoms with van der Waals surface area (Å²) in [5.41, 5.74) is 7.69. The molecule has 4 aromatic rings. The Morgan fingerprint density at radius 2 is 1.50 bits per heavy atom. The van der Waals surface area contributed by atoms with Crippen LogP contribution in [0.25, 0.3) is 28.1 Å². The third-order valence-corrected chi connectivity index (χ3v) is 5.53. The highest BCUT2D eigenvalue weighted by Gasteiger charge is 2.24. The fourth-order valence-corrected chi connectivity index (χ4v) is 3.73. The van der Waals surface area contributed by atoms with Gasteiger partial charge in [0.25, 0.3) is 0 Å². The molecule has 4 nitrogen and oxygen atoms in total. The molecule has 0 fully saturated rings. The van der Waals surface area contributed by atoms with E-state index in [1.54, 1.807) is 4.68 Å². The zero-order valence-electron chi connectivity index (χ0n) is 17.4. The van der Waals surface area contributed by atoms with Gasteiger partial charge in [-0.25, -0.2) is 9.48 Å². The van der Waals surface area contributed by atoms with E-state index < -0.39 is 5.97 Å². The van der Waals surface area contributed by atoms with Crippen LogP contribution in [0.1, 0.15) is 34.1 Å². The zero-order valence-corrected chi connectivity index (χ0v) is 17.4. The van der Waals surface area contributed by atoms with Crippen LogP contribution < -0.4 is 0 Å². The lowest BCUT2D eigenvalue weighted by molar-refractivity contribution is 0.0696. The van der Waals surface area contributed by atoms with Crippen molar-refractivity contribution in [3.05, 3.63) is 95.2 Å². The molecule has 1 aromatic heterocycles. The third kappa shape index (κ3) is 3.52. The Kier molecular flexibility index (Phi) is 5.23. The predicted octanol–water partition coefficient (Wildman–Crippen LogP) is 6.08. The minimum absolute atomic E-state index is 0.267. The summed E-state index contributed by atoms with van der Waals surface area (Å²) in [6.45, 7) is 6.07. The van der Waals surface area contributed by atoms with Crippen LogP contribution in [-0.2, 0) is 6.42 Å². The van der Waals surface area contributed by atoms with E-state index in [4.69, 9.17) is 5.10 Å². The Morgan fingerprint density at radius 1 is 0.867 bits per heavy atom. The normalized spacial score (nSPS) is 10.9. The molecule has 0 saturated heterocycles. The molecule has 0 saturated carbocycles. The number of aromatic nitrogens is 2. The van der Waals surface area contributed by atoms with Crippen LogP contribution in [0.3, 0.4) is 0 Å². The van der Waals surface area contributed by atoms with Crippen LogP contribution in [-0.4, -0.2) is 20.9 Å². The number of carboxylic acids is 1. The van der Waals surface area contributed by atoms with E-state index in [0.717, 1.165) is 27.9 Å². The molecule has 0 bridgehead atoms. The van der Waals surface area contributed by atoms with Gasteiger partial charge in [0, 0.05) is 5.56 Å². The van der Waals surface area contributed by atoms with E-state index in [1.165, 1.54) is 5.56 Å². The van der Waals surface area contributed by atoms with E-state index >= 15 is 0 Å². The highest BCUT2D eigenvalue weighted by atomic mass is 16.4. The molecule has 0 aliphatic heterocycles. The largest absolute Gasteiger partial charge is 0.478 e. The summed E-state index contributed by atoms with van der Waals surface area (Å²) in [5, 5.41) is 14.7. The number of hydrogen-bond acceptors (Lipinski definition) is 2. The van der Waals surface area contributed by atoms with E-state index in [-0.39, 0.29) is 5.56 Å². The first-order chi connectivity index (χ1) is 14.5. The van der Waals surface area contributed by atoms with Gasteiger partial charge < -0.3 is 5.11 Å². The van der Waals surface area contributed by atoms with Gasteiger partial charge >= 0.3 is 5.97 Å². The third-order valence-electron chi connectivity index (χ3n) is 5.53. The molecule has 0 spiro atoms. The molecule has 4 rings (SSSR count). The van der Waals surface area contributed by atoms with Crippen molar-refractivity contribution in [1.82, 2.24) is 9.78 Å². The number of carbonyl (C=O) groups is 1. The topological polar surface area (TPSA) is 55.1 Å². The molecular weight excluding hydrogens is 372 g/mol. The van der Waals surface area contributed by atoms with Crippen LogP contribution in [0.4, 0.5) is 0 Å². The molecule has 1 N–H and O–H groups in total. The van der Waals surface area contributed by atoms with Gasteiger partial charge in [0.1, 0.15) is 11.3 Å². The van der Waals surface area contributed by atoms with Gasteiger partial charge in [-0.3, -0.25) is 0 Å². The standard InChI is InChI=1S/C26H24N2O2/c1-4-23-24(26(29)30)25(27-28(23)22-15-10-17(2)18(3)16-22)21-13-11-20(12-14-21)19-8-6-5-7-9-19/h5-16H,4H2,1-3H3,(H,29,30). The van der Waals surface area contributed by atoms with Crippen LogP contribution in [0.15, 0.2) is 72.8 Å². The van der Waals surface area contributed by atoms with Crippen molar-refractivity contribution in [1.29, 1.82) is 0 Å². The second-order valence-electron chi connectivity index (χ2n) is 7.45. The van der Waals surface area contributed by atoms with Crippen molar-refractivity contribution >= 4 is 5.97 Å². The minimum Gasteiger partial charge on any atom is -0.478 e. The van der Waals surface area contributed by atoms with E-state index in [2.05, 4.69) is 32.0 Å². The summed E-state index contributed by atoms with van der Waals surface area (Å²) in [5.74, 6) is -0.955. The van der Waals surface area contributed by atoms with Gasteiger partial charge in [0.05, 0.1) is 11.4 Å². The minimum atomic E-state index is -0.955. The molecule has 3 aromatic carbocycles. The molecule has 30 heavy (non-hydrogen) atoms. The quantitative estimate of drug-likeness (QED) is 0.444. The van der Waals surface area contributed by atoms with Crippen molar-refractivity contribution < 1.29 is 9.90 Å². The fourth-order valence-electron chi connectivity index (χ4n) is 3.73. The number of aromatic carboxylic acids is 1. The van der Waals surface area contributed by atoms with Crippen molar-refractivity contribution in [3.8, 4) is 28.1 Å². The van der Waals surface area contributed by atoms with Crippen molar-refractivity contribution in [2.45, 2.75) is 27.2 Å². The summed E-state index contributed by atoms with van der Waals surface area (Å²) in [4.78, 5) is 12.2. The second-order valence-corrected chi connectivity index (χ2v) is 7.45. The Labute approximate surface area is 176 Å². The molecule has 0 unspecified atom stereocenters. The van der Waals surface area contributed by atoms with Crippen molar-refractivity contribution in [3.63, 3.8) is 0 Å². The molecule has 4 heteroatoms. The van der Waals surface area contributed by atoms with Crippen LogP contribution >= 0.6 is 0 Å². The number of nitrogens with zero attached hydrogens (tertiary/aromatic N) is 2. The van der Waals surface area contributed by atoms with Gasteiger partial charge in [-0.1, -0.05) is 67.6 Å². The summed E-state index contributed by atoms with van der Waals surface area (Å²) < 4.78 is 1.77. The van der Waals surface area contributed by atoms with E-state index in [0.29, 0.717) is 17.8 Å². The maximum atomic E-state index is 12.2. The molecule has 0 atom stereocenters. The van der Waals surface area contributed by atoms with Crippen molar-refractivity contribution in [2.24, 2.45) is 0 Å². The summed E-state index contributed by atoms with van der Waals surface area (Å²) in [6.07, 6.45) is 0.573. The van der Waals surface area contributed by atoms with Crippen LogP contribution in [0.2, 0.25) is 0 Å². The summed E-state index contributed by atoms with van der Waals surface area (Å²) in [6, 6.07) is 24.1. The highest BCUT2D eigenvalue weighted by Crippen LogP contribution is 2.30. The van der Waals surface area contributed by atoms with Gasteiger partial charge in [-0.05, 0) is 54.7 Å². The van der Waals surface area contributed by atoms with Gasteiger partial charge in [-0.2, -0.15) is 5.10 Å². The average Bonchev–Trinajstić information content (AvgIpc) is 3.16. The van der Waals surface area contributed by atoms with Crippen molar-refractivity contribution in [2.75, 3.05) is 0 Å². The maximum Gasteiger partial charge on any atom is 0.339 e. The first kappa shape index (κ1) is 19.6. The maximum absolute atomic E-state index is 12.2. The molecule has 0 amide bonds. The van der Waals surface area contributed by atoms with Crippen LogP contribution in [0.5, 0.6) is 0 Å². The van der Waals surface area contributed by atoms with E-state index in [1.807, 2.05) is 61.5 Å². The Balaban J connectivity index is 1.84. The first-order valence-electron chi connectivity index (χ1n) is 10.1. The molecule has 0 aliphatic carbocycles. The molecule has 0 aliphatic rings. The first-order valence-corrected chi connectivity index (χ1v) is 10.1. The zero-order chi connectivity index (χ0) is 21.3. The van der Waals surface area contributed by atoms with E-state index in [9.17, 15) is 9.90 Å². The molecule has 150 valence electrons. The smallest absolute Gasteiger partial charge is 0.339 e. The number of rotatable bonds is 5. The van der Waals surface area contributed by atoms with Gasteiger partial charge in [0.2, 0.25) is 0 Å². The number of hydrogen-bond donors (Lipinski definition) is 1. The SMILES string of the molecule is CCc1c(C(=O)O)c(-c2ccc(-c3ccccc3)cc2)nn1-c1ccc(C)c(C)c1. The Morgan fingerprint density at radius 3 is 2.10 bits per heavy atom. The molecule has 1 heterocycles. The Hall–Kier alpha value is -3.66. The average molecular weight is 396 g/mol. The fraction of sp³-hybridized carbons (Fsp3) is 0.154. The summed E-state index contributed by atoms with van der Waals surface area (Å²) in [7, 11) is 0. The lowest BCUT2D eigenvalue weighted by Gasteiger charge is -2.09. The molecule has 0 radical (unpaired) electrons. The second kappa shape index (κ2) is 7.99. The monoisotopic (exact) mass is 396 g/mol. The van der Waals surface area contributed by atoms with Crippen LogP contribution in [0, 0.1) is 13.8 Å².